The summed E-state index contributed by atoms with van der Waals surface area (Å²) in [7, 11) is 2.32. The second-order valence-electron chi connectivity index (χ2n) is 5.72. The van der Waals surface area contributed by atoms with Crippen LogP contribution in [0.25, 0.3) is 11.1 Å². The van der Waals surface area contributed by atoms with Gasteiger partial charge in [-0.25, -0.2) is 0 Å². The highest BCUT2D eigenvalue weighted by molar-refractivity contribution is 5.71. The highest BCUT2D eigenvalue weighted by Crippen LogP contribution is 2.34. The molecule has 104 valence electrons. The van der Waals surface area contributed by atoms with Gasteiger partial charge in [0.15, 0.2) is 0 Å². The molecule has 1 heterocycles. The number of likely N-dealkylation sites (N-methyl/N-ethyl adjacent to an activating group) is 1. The summed E-state index contributed by atoms with van der Waals surface area (Å²) in [6, 6.07) is 17.6. The van der Waals surface area contributed by atoms with Crippen LogP contribution in [-0.4, -0.2) is 18.1 Å². The monoisotopic (exact) mass is 377 g/mol. The summed E-state index contributed by atoms with van der Waals surface area (Å²) in [6.07, 6.45) is 2.04. The SMILES string of the molecule is C=CC[N+]1(C)Cc2ccccc2-c2ccccc2C1.[I-]. The van der Waals surface area contributed by atoms with Crippen molar-refractivity contribution < 1.29 is 28.5 Å². The van der Waals surface area contributed by atoms with Crippen LogP contribution in [0, 0.1) is 0 Å². The molecule has 0 aliphatic carbocycles. The second-order valence-corrected chi connectivity index (χ2v) is 5.72. The highest BCUT2D eigenvalue weighted by Gasteiger charge is 2.28. The topological polar surface area (TPSA) is 0 Å². The number of benzene rings is 2. The Labute approximate surface area is 138 Å². The lowest BCUT2D eigenvalue weighted by atomic mass is 9.97. The van der Waals surface area contributed by atoms with Crippen LogP contribution in [0.4, 0.5) is 0 Å². The fourth-order valence-corrected chi connectivity index (χ4v) is 3.16. The number of halogens is 1. The zero-order chi connectivity index (χ0) is 13.3. The Bertz CT molecular complexity index is 571. The molecule has 0 spiro atoms. The molecule has 0 bridgehead atoms. The fourth-order valence-electron chi connectivity index (χ4n) is 3.16. The van der Waals surface area contributed by atoms with E-state index >= 15 is 0 Å². The Hall–Kier alpha value is -1.13. The molecule has 0 aromatic heterocycles. The van der Waals surface area contributed by atoms with Crippen molar-refractivity contribution in [2.45, 2.75) is 13.1 Å². The quantitative estimate of drug-likeness (QED) is 0.416. The summed E-state index contributed by atoms with van der Waals surface area (Å²) in [5.41, 5.74) is 5.67. The van der Waals surface area contributed by atoms with Crippen molar-refractivity contribution in [2.75, 3.05) is 13.6 Å². The van der Waals surface area contributed by atoms with E-state index in [0.717, 1.165) is 24.1 Å². The van der Waals surface area contributed by atoms with Crippen LogP contribution < -0.4 is 24.0 Å². The van der Waals surface area contributed by atoms with Crippen molar-refractivity contribution in [1.29, 1.82) is 0 Å². The van der Waals surface area contributed by atoms with E-state index in [1.807, 2.05) is 6.08 Å². The lowest BCUT2D eigenvalue weighted by Crippen LogP contribution is -3.00. The minimum absolute atomic E-state index is 0. The molecule has 0 radical (unpaired) electrons. The maximum Gasteiger partial charge on any atom is 0.105 e. The lowest BCUT2D eigenvalue weighted by Gasteiger charge is -2.32. The van der Waals surface area contributed by atoms with Gasteiger partial charge < -0.3 is 28.5 Å². The van der Waals surface area contributed by atoms with E-state index in [9.17, 15) is 0 Å². The van der Waals surface area contributed by atoms with Gasteiger partial charge in [-0.3, -0.25) is 0 Å². The molecule has 0 N–H and O–H groups in total. The number of fused-ring (bicyclic) bond motifs is 3. The van der Waals surface area contributed by atoms with Gasteiger partial charge in [-0.05, 0) is 17.2 Å². The Kier molecular flexibility index (Phi) is 4.66. The molecular formula is C18H20IN. The lowest BCUT2D eigenvalue weighted by molar-refractivity contribution is -0.929. The summed E-state index contributed by atoms with van der Waals surface area (Å²) >= 11 is 0. The molecule has 0 atom stereocenters. The van der Waals surface area contributed by atoms with Crippen molar-refractivity contribution in [3.05, 3.63) is 72.3 Å². The minimum Gasteiger partial charge on any atom is -1.00 e. The molecular weight excluding hydrogens is 357 g/mol. The van der Waals surface area contributed by atoms with Gasteiger partial charge >= 0.3 is 0 Å². The number of hydrogen-bond acceptors (Lipinski definition) is 0. The highest BCUT2D eigenvalue weighted by atomic mass is 127. The third-order valence-electron chi connectivity index (χ3n) is 4.00. The normalized spacial score (nSPS) is 15.2. The summed E-state index contributed by atoms with van der Waals surface area (Å²) in [5, 5.41) is 0. The zero-order valence-electron chi connectivity index (χ0n) is 11.8. The van der Waals surface area contributed by atoms with E-state index in [2.05, 4.69) is 62.2 Å². The first-order chi connectivity index (χ1) is 9.22. The molecule has 2 aromatic carbocycles. The molecule has 2 heteroatoms. The van der Waals surface area contributed by atoms with E-state index in [-0.39, 0.29) is 24.0 Å². The summed E-state index contributed by atoms with van der Waals surface area (Å²) in [6.45, 7) is 7.06. The molecule has 1 nitrogen and oxygen atoms in total. The fraction of sp³-hybridized carbons (Fsp3) is 0.222. The Morgan fingerprint density at radius 3 is 1.85 bits per heavy atom. The predicted molar refractivity (Wildman–Crippen MR) is 80.5 cm³/mol. The molecule has 20 heavy (non-hydrogen) atoms. The average Bonchev–Trinajstić information content (AvgIpc) is 2.52. The number of quaternary nitrogens is 1. The van der Waals surface area contributed by atoms with Crippen LogP contribution in [0.3, 0.4) is 0 Å². The van der Waals surface area contributed by atoms with Crippen LogP contribution in [-0.2, 0) is 13.1 Å². The standard InChI is InChI=1S/C18H20N.HI/c1-3-12-19(2)13-15-8-4-6-10-17(15)18-11-7-5-9-16(18)14-19;/h3-11H,1,12-14H2,2H3;1H/q+1;/p-1. The van der Waals surface area contributed by atoms with E-state index in [4.69, 9.17) is 0 Å². The van der Waals surface area contributed by atoms with Crippen LogP contribution >= 0.6 is 0 Å². The van der Waals surface area contributed by atoms with Gasteiger partial charge in [-0.15, -0.1) is 0 Å². The van der Waals surface area contributed by atoms with Crippen LogP contribution in [0.5, 0.6) is 0 Å². The summed E-state index contributed by atoms with van der Waals surface area (Å²) < 4.78 is 0.998. The molecule has 0 amide bonds. The number of rotatable bonds is 2. The third kappa shape index (κ3) is 2.81. The van der Waals surface area contributed by atoms with Gasteiger partial charge in [0.1, 0.15) is 13.1 Å². The van der Waals surface area contributed by atoms with E-state index in [1.54, 1.807) is 0 Å². The van der Waals surface area contributed by atoms with Gasteiger partial charge in [0.2, 0.25) is 0 Å². The van der Waals surface area contributed by atoms with Crippen LogP contribution in [0.15, 0.2) is 61.2 Å². The molecule has 3 rings (SSSR count). The van der Waals surface area contributed by atoms with Crippen molar-refractivity contribution in [1.82, 2.24) is 0 Å². The van der Waals surface area contributed by atoms with Gasteiger partial charge in [0.05, 0.1) is 13.6 Å². The largest absolute Gasteiger partial charge is 1.00 e. The van der Waals surface area contributed by atoms with Crippen LogP contribution in [0.1, 0.15) is 11.1 Å². The summed E-state index contributed by atoms with van der Waals surface area (Å²) in [4.78, 5) is 0. The van der Waals surface area contributed by atoms with Crippen molar-refractivity contribution in [3.63, 3.8) is 0 Å². The average molecular weight is 377 g/mol. The molecule has 2 aromatic rings. The first-order valence-electron chi connectivity index (χ1n) is 6.82. The summed E-state index contributed by atoms with van der Waals surface area (Å²) in [5.74, 6) is 0. The Morgan fingerprint density at radius 1 is 0.950 bits per heavy atom. The second kappa shape index (κ2) is 6.10. The third-order valence-corrected chi connectivity index (χ3v) is 4.00. The Morgan fingerprint density at radius 2 is 1.40 bits per heavy atom. The first kappa shape index (κ1) is 15.3. The van der Waals surface area contributed by atoms with Gasteiger partial charge in [-0.1, -0.05) is 55.1 Å². The molecule has 1 aliphatic rings. The molecule has 0 saturated heterocycles. The number of hydrogen-bond donors (Lipinski definition) is 0. The molecule has 1 aliphatic heterocycles. The molecule has 0 fully saturated rings. The van der Waals surface area contributed by atoms with E-state index < -0.39 is 0 Å². The molecule has 0 saturated carbocycles. The first-order valence-corrected chi connectivity index (χ1v) is 6.82. The predicted octanol–water partition coefficient (Wildman–Crippen LogP) is 1.00. The van der Waals surface area contributed by atoms with Gasteiger partial charge in [-0.2, -0.15) is 0 Å². The van der Waals surface area contributed by atoms with Crippen molar-refractivity contribution >= 4 is 0 Å². The minimum atomic E-state index is 0. The number of nitrogens with zero attached hydrogens (tertiary/aromatic N) is 1. The van der Waals surface area contributed by atoms with Crippen molar-refractivity contribution in [2.24, 2.45) is 0 Å². The maximum absolute atomic E-state index is 3.93. The molecule has 0 unspecified atom stereocenters. The zero-order valence-corrected chi connectivity index (χ0v) is 14.0. The maximum atomic E-state index is 3.93. The van der Waals surface area contributed by atoms with E-state index in [1.165, 1.54) is 22.3 Å². The van der Waals surface area contributed by atoms with Crippen LogP contribution in [0.2, 0.25) is 0 Å². The van der Waals surface area contributed by atoms with Gasteiger partial charge in [0, 0.05) is 11.1 Å². The smallest absolute Gasteiger partial charge is 0.105 e. The van der Waals surface area contributed by atoms with Crippen molar-refractivity contribution in [3.8, 4) is 11.1 Å². The van der Waals surface area contributed by atoms with E-state index in [0.29, 0.717) is 0 Å². The Balaban J connectivity index is 0.00000147. The van der Waals surface area contributed by atoms with Gasteiger partial charge in [0.25, 0.3) is 0 Å².